The SMILES string of the molecule is CN(C)C(=O)CCNc1ncc(C(F)(F)F)cc1Cl. The lowest BCUT2D eigenvalue weighted by molar-refractivity contribution is -0.137. The van der Waals surface area contributed by atoms with Crippen molar-refractivity contribution in [2.45, 2.75) is 12.6 Å². The van der Waals surface area contributed by atoms with E-state index in [1.165, 1.54) is 4.90 Å². The Kier molecular flexibility index (Phi) is 4.99. The van der Waals surface area contributed by atoms with Crippen molar-refractivity contribution < 1.29 is 18.0 Å². The fourth-order valence-corrected chi connectivity index (χ4v) is 1.47. The molecule has 1 heterocycles. The van der Waals surface area contributed by atoms with Crippen molar-refractivity contribution in [2.24, 2.45) is 0 Å². The van der Waals surface area contributed by atoms with Gasteiger partial charge in [0.15, 0.2) is 0 Å². The second-order valence-corrected chi connectivity index (χ2v) is 4.42. The molecule has 0 aliphatic heterocycles. The monoisotopic (exact) mass is 295 g/mol. The van der Waals surface area contributed by atoms with Crippen LogP contribution in [-0.4, -0.2) is 36.4 Å². The molecule has 106 valence electrons. The zero-order chi connectivity index (χ0) is 14.6. The van der Waals surface area contributed by atoms with Crippen molar-refractivity contribution in [1.29, 1.82) is 0 Å². The van der Waals surface area contributed by atoms with Gasteiger partial charge in [-0.1, -0.05) is 11.6 Å². The second-order valence-electron chi connectivity index (χ2n) is 4.02. The van der Waals surface area contributed by atoms with Gasteiger partial charge in [-0.25, -0.2) is 4.98 Å². The Bertz CT molecular complexity index is 463. The molecule has 0 unspecified atom stereocenters. The van der Waals surface area contributed by atoms with Gasteiger partial charge in [0.2, 0.25) is 5.91 Å². The lowest BCUT2D eigenvalue weighted by Gasteiger charge is -2.12. The maximum Gasteiger partial charge on any atom is 0.417 e. The van der Waals surface area contributed by atoms with E-state index in [1.807, 2.05) is 0 Å². The first-order chi connectivity index (χ1) is 8.71. The number of rotatable bonds is 4. The van der Waals surface area contributed by atoms with Gasteiger partial charge in [-0.05, 0) is 6.07 Å². The number of amides is 1. The molecule has 8 heteroatoms. The van der Waals surface area contributed by atoms with Crippen LogP contribution in [0.3, 0.4) is 0 Å². The second kappa shape index (κ2) is 6.10. The molecule has 0 saturated heterocycles. The third-order valence-corrected chi connectivity index (χ3v) is 2.59. The van der Waals surface area contributed by atoms with E-state index in [1.54, 1.807) is 14.1 Å². The molecule has 0 spiro atoms. The highest BCUT2D eigenvalue weighted by molar-refractivity contribution is 6.32. The lowest BCUT2D eigenvalue weighted by atomic mass is 10.2. The predicted molar refractivity (Wildman–Crippen MR) is 66.0 cm³/mol. The molecule has 1 aromatic rings. The molecule has 0 atom stereocenters. The Hall–Kier alpha value is -1.50. The minimum atomic E-state index is -4.48. The van der Waals surface area contributed by atoms with Crippen LogP contribution in [0.2, 0.25) is 5.02 Å². The fraction of sp³-hybridized carbons (Fsp3) is 0.455. The first-order valence-electron chi connectivity index (χ1n) is 5.38. The highest BCUT2D eigenvalue weighted by Gasteiger charge is 2.31. The smallest absolute Gasteiger partial charge is 0.368 e. The summed E-state index contributed by atoms with van der Waals surface area (Å²) in [4.78, 5) is 16.3. The summed E-state index contributed by atoms with van der Waals surface area (Å²) < 4.78 is 37.1. The van der Waals surface area contributed by atoms with Crippen molar-refractivity contribution in [1.82, 2.24) is 9.88 Å². The van der Waals surface area contributed by atoms with Crippen molar-refractivity contribution in [3.05, 3.63) is 22.8 Å². The van der Waals surface area contributed by atoms with Gasteiger partial charge in [-0.2, -0.15) is 13.2 Å². The van der Waals surface area contributed by atoms with Crippen molar-refractivity contribution in [3.8, 4) is 0 Å². The normalized spacial score (nSPS) is 11.3. The number of nitrogens with zero attached hydrogens (tertiary/aromatic N) is 2. The average molecular weight is 296 g/mol. The number of aromatic nitrogens is 1. The molecule has 1 aromatic heterocycles. The summed E-state index contributed by atoms with van der Waals surface area (Å²) in [5, 5.41) is 2.59. The minimum absolute atomic E-state index is 0.101. The quantitative estimate of drug-likeness (QED) is 0.929. The van der Waals surface area contributed by atoms with Gasteiger partial charge in [0.1, 0.15) is 5.82 Å². The first kappa shape index (κ1) is 15.6. The Morgan fingerprint density at radius 2 is 2.11 bits per heavy atom. The number of pyridine rings is 1. The third-order valence-electron chi connectivity index (χ3n) is 2.30. The lowest BCUT2D eigenvalue weighted by Crippen LogP contribution is -2.24. The largest absolute Gasteiger partial charge is 0.417 e. The highest BCUT2D eigenvalue weighted by atomic mass is 35.5. The Balaban J connectivity index is 2.64. The average Bonchev–Trinajstić information content (AvgIpc) is 2.29. The van der Waals surface area contributed by atoms with Crippen LogP contribution in [0.5, 0.6) is 0 Å². The summed E-state index contributed by atoms with van der Waals surface area (Å²) in [5.74, 6) is 0.0248. The van der Waals surface area contributed by atoms with Gasteiger partial charge >= 0.3 is 6.18 Å². The molecule has 0 aromatic carbocycles. The van der Waals surface area contributed by atoms with Crippen molar-refractivity contribution in [2.75, 3.05) is 26.0 Å². The number of nitrogens with one attached hydrogen (secondary N) is 1. The van der Waals surface area contributed by atoms with E-state index < -0.39 is 11.7 Å². The summed E-state index contributed by atoms with van der Waals surface area (Å²) in [6.45, 7) is 0.245. The summed E-state index contributed by atoms with van der Waals surface area (Å²) in [5.41, 5.74) is -0.910. The van der Waals surface area contributed by atoms with Crippen LogP contribution in [0.1, 0.15) is 12.0 Å². The molecule has 0 radical (unpaired) electrons. The van der Waals surface area contributed by atoms with Gasteiger partial charge in [0.25, 0.3) is 0 Å². The van der Waals surface area contributed by atoms with E-state index >= 15 is 0 Å². The molecule has 0 aliphatic rings. The number of anilines is 1. The van der Waals surface area contributed by atoms with Crippen LogP contribution < -0.4 is 5.32 Å². The summed E-state index contributed by atoms with van der Waals surface area (Å²) in [6.07, 6.45) is -3.58. The Labute approximate surface area is 113 Å². The first-order valence-corrected chi connectivity index (χ1v) is 5.76. The maximum absolute atomic E-state index is 12.4. The van der Waals surface area contributed by atoms with E-state index in [9.17, 15) is 18.0 Å². The van der Waals surface area contributed by atoms with Crippen molar-refractivity contribution in [3.63, 3.8) is 0 Å². The summed E-state index contributed by atoms with van der Waals surface area (Å²) in [7, 11) is 3.23. The van der Waals surface area contributed by atoms with E-state index in [4.69, 9.17) is 11.6 Å². The molecule has 1 amide bonds. The van der Waals surface area contributed by atoms with Gasteiger partial charge < -0.3 is 10.2 Å². The van der Waals surface area contributed by atoms with Crippen LogP contribution in [0.15, 0.2) is 12.3 Å². The molecule has 0 saturated carbocycles. The van der Waals surface area contributed by atoms with E-state index in [0.717, 1.165) is 6.07 Å². The summed E-state index contributed by atoms with van der Waals surface area (Å²) in [6, 6.07) is 0.796. The van der Waals surface area contributed by atoms with E-state index in [-0.39, 0.29) is 29.7 Å². The van der Waals surface area contributed by atoms with Crippen LogP contribution >= 0.6 is 11.6 Å². The molecule has 0 aliphatic carbocycles. The number of hydrogen-bond donors (Lipinski definition) is 1. The molecular weight excluding hydrogens is 283 g/mol. The van der Waals surface area contributed by atoms with E-state index in [0.29, 0.717) is 6.20 Å². The topological polar surface area (TPSA) is 45.2 Å². The highest BCUT2D eigenvalue weighted by Crippen LogP contribution is 2.32. The molecule has 0 fully saturated rings. The third kappa shape index (κ3) is 4.59. The number of carbonyl (C=O) groups is 1. The summed E-state index contributed by atoms with van der Waals surface area (Å²) >= 11 is 5.69. The van der Waals surface area contributed by atoms with Crippen molar-refractivity contribution >= 4 is 23.3 Å². The molecule has 4 nitrogen and oxygen atoms in total. The van der Waals surface area contributed by atoms with Gasteiger partial charge in [-0.15, -0.1) is 0 Å². The standard InChI is InChI=1S/C11H13ClF3N3O/c1-18(2)9(19)3-4-16-10-8(12)5-7(6-17-10)11(13,14)15/h5-6H,3-4H2,1-2H3,(H,16,17). The van der Waals surface area contributed by atoms with Crippen LogP contribution in [-0.2, 0) is 11.0 Å². The van der Waals surface area contributed by atoms with Gasteiger partial charge in [-0.3, -0.25) is 4.79 Å². The zero-order valence-corrected chi connectivity index (χ0v) is 11.1. The van der Waals surface area contributed by atoms with Gasteiger partial charge in [0.05, 0.1) is 10.6 Å². The number of halogens is 4. The number of carbonyl (C=O) groups excluding carboxylic acids is 1. The molecule has 1 rings (SSSR count). The fourth-order valence-electron chi connectivity index (χ4n) is 1.23. The molecule has 1 N–H and O–H groups in total. The van der Waals surface area contributed by atoms with Crippen LogP contribution in [0.25, 0.3) is 0 Å². The number of alkyl halides is 3. The van der Waals surface area contributed by atoms with E-state index in [2.05, 4.69) is 10.3 Å². The predicted octanol–water partition coefficient (Wildman–Crippen LogP) is 2.64. The minimum Gasteiger partial charge on any atom is -0.368 e. The molecule has 19 heavy (non-hydrogen) atoms. The van der Waals surface area contributed by atoms with Gasteiger partial charge in [0, 0.05) is 33.3 Å². The zero-order valence-electron chi connectivity index (χ0n) is 10.4. The Morgan fingerprint density at radius 1 is 1.47 bits per heavy atom. The molecule has 0 bridgehead atoms. The number of hydrogen-bond acceptors (Lipinski definition) is 3. The van der Waals surface area contributed by atoms with Crippen LogP contribution in [0.4, 0.5) is 19.0 Å². The maximum atomic E-state index is 12.4. The Morgan fingerprint density at radius 3 is 2.58 bits per heavy atom. The van der Waals surface area contributed by atoms with Crippen LogP contribution in [0, 0.1) is 0 Å². The molecular formula is C11H13ClF3N3O.